The summed E-state index contributed by atoms with van der Waals surface area (Å²) in [5.74, 6) is 0. The topological polar surface area (TPSA) is 26.6 Å². The maximum atomic E-state index is 5.59. The summed E-state index contributed by atoms with van der Waals surface area (Å²) in [4.78, 5) is 5.59. The van der Waals surface area contributed by atoms with Crippen LogP contribution in [0.5, 0.6) is 0 Å². The molecule has 0 bridgehead atoms. The minimum Gasteiger partial charge on any atom is -0.309 e. The maximum absolute atomic E-state index is 5.59. The molecule has 0 fully saturated rings. The molecule has 0 aliphatic heterocycles. The molecule has 0 amide bonds. The molecule has 0 unspecified atom stereocenters. The van der Waals surface area contributed by atoms with E-state index < -0.39 is 0 Å². The van der Waals surface area contributed by atoms with Crippen LogP contribution in [0.1, 0.15) is 52.7 Å². The van der Waals surface area contributed by atoms with Crippen molar-refractivity contribution in [3.05, 3.63) is 169 Å². The summed E-state index contributed by atoms with van der Waals surface area (Å²) in [5, 5.41) is 15.3. The Kier molecular flexibility index (Phi) is 6.55. The summed E-state index contributed by atoms with van der Waals surface area (Å²) in [5.41, 5.74) is 15.7. The first kappa shape index (κ1) is 35.2. The van der Waals surface area contributed by atoms with Crippen LogP contribution in [0.2, 0.25) is 0 Å². The first-order valence-electron chi connectivity index (χ1n) is 22.3. The van der Waals surface area contributed by atoms with Crippen molar-refractivity contribution < 1.29 is 0 Å². The Morgan fingerprint density at radius 1 is 0.397 bits per heavy atom. The molecular weight excluding hydrogens is 765 g/mol. The summed E-state index contributed by atoms with van der Waals surface area (Å²) in [6.07, 6.45) is 2.16. The lowest BCUT2D eigenvalue weighted by atomic mass is 9.84. The van der Waals surface area contributed by atoms with E-state index in [4.69, 9.17) is 4.98 Å². The van der Waals surface area contributed by atoms with Gasteiger partial charge in [-0.15, -0.1) is 0 Å². The van der Waals surface area contributed by atoms with Crippen LogP contribution in [-0.2, 0) is 10.8 Å². The summed E-state index contributed by atoms with van der Waals surface area (Å²) in [7, 11) is 0. The molecule has 4 nitrogen and oxygen atoms in total. The van der Waals surface area contributed by atoms with Crippen molar-refractivity contribution in [2.45, 2.75) is 52.4 Å². The number of aromatic nitrogens is 4. The number of hydrogen-bond donors (Lipinski definition) is 0. The van der Waals surface area contributed by atoms with E-state index in [0.29, 0.717) is 0 Å². The Morgan fingerprint density at radius 3 is 1.70 bits per heavy atom. The van der Waals surface area contributed by atoms with Gasteiger partial charge in [0.2, 0.25) is 0 Å². The van der Waals surface area contributed by atoms with E-state index in [1.807, 2.05) is 0 Å². The van der Waals surface area contributed by atoms with Gasteiger partial charge in [-0.3, -0.25) is 4.40 Å². The van der Waals surface area contributed by atoms with Crippen molar-refractivity contribution in [2.24, 2.45) is 0 Å². The molecule has 300 valence electrons. The van der Waals surface area contributed by atoms with E-state index in [2.05, 4.69) is 213 Å². The zero-order valence-electron chi connectivity index (χ0n) is 36.3. The Labute approximate surface area is 363 Å². The molecule has 6 heterocycles. The molecule has 8 aromatic carbocycles. The molecule has 0 saturated carbocycles. The highest BCUT2D eigenvalue weighted by Gasteiger charge is 2.30. The summed E-state index contributed by atoms with van der Waals surface area (Å²) < 4.78 is 7.44. The van der Waals surface area contributed by atoms with E-state index in [0.717, 1.165) is 16.9 Å². The van der Waals surface area contributed by atoms with Gasteiger partial charge in [-0.1, -0.05) is 126 Å². The van der Waals surface area contributed by atoms with Gasteiger partial charge in [0.15, 0.2) is 0 Å². The average molecular weight is 809 g/mol. The highest BCUT2D eigenvalue weighted by Crippen LogP contribution is 2.51. The Morgan fingerprint density at radius 2 is 0.968 bits per heavy atom. The summed E-state index contributed by atoms with van der Waals surface area (Å²) in [6.45, 7) is 14.1. The predicted molar refractivity (Wildman–Crippen MR) is 268 cm³/mol. The predicted octanol–water partition coefficient (Wildman–Crippen LogP) is 15.9. The lowest BCUT2D eigenvalue weighted by Crippen LogP contribution is -2.10. The van der Waals surface area contributed by atoms with Crippen LogP contribution in [0, 0.1) is 0 Å². The third-order valence-corrected chi connectivity index (χ3v) is 14.4. The van der Waals surface area contributed by atoms with Crippen LogP contribution in [0.15, 0.2) is 158 Å². The average Bonchev–Trinajstić information content (AvgIpc) is 4.08. The number of fused-ring (bicyclic) bond motifs is 18. The second kappa shape index (κ2) is 11.7. The van der Waals surface area contributed by atoms with Crippen molar-refractivity contribution >= 4 is 109 Å². The number of pyridine rings is 1. The summed E-state index contributed by atoms with van der Waals surface area (Å²) >= 11 is 0. The van der Waals surface area contributed by atoms with Crippen LogP contribution in [0.25, 0.3) is 126 Å². The van der Waals surface area contributed by atoms with Gasteiger partial charge < -0.3 is 8.97 Å². The lowest BCUT2D eigenvalue weighted by molar-refractivity contribution is 0.591. The van der Waals surface area contributed by atoms with Gasteiger partial charge in [0.05, 0.1) is 44.8 Å². The zero-order chi connectivity index (χ0) is 42.3. The van der Waals surface area contributed by atoms with Gasteiger partial charge in [-0.2, -0.15) is 0 Å². The molecule has 6 aromatic heterocycles. The van der Waals surface area contributed by atoms with E-state index in [1.54, 1.807) is 0 Å². The van der Waals surface area contributed by atoms with Crippen LogP contribution in [0.3, 0.4) is 0 Å². The largest absolute Gasteiger partial charge is 0.309 e. The molecule has 0 radical (unpaired) electrons. The number of hydrogen-bond acceptors (Lipinski definition) is 1. The van der Waals surface area contributed by atoms with Crippen molar-refractivity contribution in [2.75, 3.05) is 0 Å². The fraction of sp³-hybridized carbons (Fsp3) is 0.136. The molecule has 0 spiro atoms. The van der Waals surface area contributed by atoms with Crippen molar-refractivity contribution in [3.63, 3.8) is 0 Å². The SMILES string of the molecule is CC(C)(C)c1cc2c3ccccc3n3c4cnc5c(c6cc(C(C)(C)C)cc7c8c9ccccc9cc(-c9ccc%10c(c9)c9ccccc9n%10-c9ccccc9)c8n5c67)c4c(c1)c23. The normalized spacial score (nSPS) is 13.2. The maximum Gasteiger partial charge on any atom is 0.146 e. The molecule has 14 rings (SSSR count). The number of nitrogens with zero attached hydrogens (tertiary/aromatic N) is 4. The Balaban J connectivity index is 1.19. The van der Waals surface area contributed by atoms with Crippen LogP contribution >= 0.6 is 0 Å². The molecule has 0 atom stereocenters. The Hall–Kier alpha value is -7.43. The molecule has 4 heteroatoms. The van der Waals surface area contributed by atoms with E-state index in [1.165, 1.54) is 120 Å². The molecular formula is C59H44N4. The van der Waals surface area contributed by atoms with Gasteiger partial charge in [-0.25, -0.2) is 4.98 Å². The minimum atomic E-state index is -0.0838. The molecule has 0 aliphatic carbocycles. The summed E-state index contributed by atoms with van der Waals surface area (Å²) in [6, 6.07) is 56.9. The first-order valence-corrected chi connectivity index (χ1v) is 22.3. The second-order valence-corrected chi connectivity index (χ2v) is 20.0. The number of rotatable bonds is 2. The van der Waals surface area contributed by atoms with Gasteiger partial charge in [0.1, 0.15) is 5.65 Å². The quantitative estimate of drug-likeness (QED) is 0.171. The fourth-order valence-electron chi connectivity index (χ4n) is 11.4. The fourth-order valence-corrected chi connectivity index (χ4v) is 11.4. The minimum absolute atomic E-state index is 0.0296. The van der Waals surface area contributed by atoms with Gasteiger partial charge in [-0.05, 0) is 105 Å². The van der Waals surface area contributed by atoms with E-state index in [9.17, 15) is 0 Å². The highest BCUT2D eigenvalue weighted by molar-refractivity contribution is 6.37. The smallest absolute Gasteiger partial charge is 0.146 e. The second-order valence-electron chi connectivity index (χ2n) is 20.0. The van der Waals surface area contributed by atoms with Crippen molar-refractivity contribution in [3.8, 4) is 16.8 Å². The van der Waals surface area contributed by atoms with E-state index >= 15 is 0 Å². The molecule has 14 aromatic rings. The third-order valence-electron chi connectivity index (χ3n) is 14.4. The highest BCUT2D eigenvalue weighted by atomic mass is 15.0. The first-order chi connectivity index (χ1) is 30.5. The van der Waals surface area contributed by atoms with Crippen molar-refractivity contribution in [1.29, 1.82) is 0 Å². The molecule has 0 aliphatic rings. The third kappa shape index (κ3) is 4.48. The molecule has 0 saturated heterocycles. The van der Waals surface area contributed by atoms with Gasteiger partial charge in [0, 0.05) is 65.1 Å². The van der Waals surface area contributed by atoms with Gasteiger partial charge in [0.25, 0.3) is 0 Å². The van der Waals surface area contributed by atoms with Crippen LogP contribution < -0.4 is 0 Å². The number of para-hydroxylation sites is 3. The van der Waals surface area contributed by atoms with E-state index in [-0.39, 0.29) is 10.8 Å². The van der Waals surface area contributed by atoms with Crippen LogP contribution in [-0.4, -0.2) is 18.4 Å². The molecule has 0 N–H and O–H groups in total. The van der Waals surface area contributed by atoms with Crippen LogP contribution in [0.4, 0.5) is 0 Å². The standard InChI is InChI=1S/C59H44N4/c1-58(2,3)35-28-43-40-21-13-15-23-48(40)62-50-32-60-57-53(52(50)45(30-35)54(43)62)46-31-36(59(4,5)6)29-44-51-38-19-11-10-16-33(38)26-41(56(51)63(57)55(44)46)34-24-25-49-42(27-34)39-20-12-14-22-47(39)61(49)37-17-8-7-9-18-37/h7-32H,1-6H3. The van der Waals surface area contributed by atoms with Gasteiger partial charge >= 0.3 is 0 Å². The lowest BCUT2D eigenvalue weighted by Gasteiger charge is -2.20. The van der Waals surface area contributed by atoms with Crippen molar-refractivity contribution in [1.82, 2.24) is 18.4 Å². The Bertz CT molecular complexity index is 4260. The zero-order valence-corrected chi connectivity index (χ0v) is 36.3. The molecule has 63 heavy (non-hydrogen) atoms. The number of benzene rings is 8. The monoisotopic (exact) mass is 808 g/mol.